The number of rotatable bonds is 4. The standard InChI is InChI=1S/C10H19NO2S.C2H6/c1-8(12)11-10(7-14-2)9-4-3-5-13-6-9;1-2/h9-10H,3-7H2,1-2H3,(H,11,12);1-2H3. The minimum Gasteiger partial charge on any atom is -0.381 e. The highest BCUT2D eigenvalue weighted by Crippen LogP contribution is 2.19. The molecule has 0 saturated carbocycles. The van der Waals surface area contributed by atoms with Crippen LogP contribution in [0.5, 0.6) is 0 Å². The quantitative estimate of drug-likeness (QED) is 0.828. The monoisotopic (exact) mass is 247 g/mol. The Balaban J connectivity index is 0.00000106. The molecule has 3 nitrogen and oxygen atoms in total. The van der Waals surface area contributed by atoms with Gasteiger partial charge in [-0.1, -0.05) is 13.8 Å². The van der Waals surface area contributed by atoms with Crippen LogP contribution < -0.4 is 5.32 Å². The lowest BCUT2D eigenvalue weighted by molar-refractivity contribution is -0.120. The van der Waals surface area contributed by atoms with Crippen LogP contribution in [0.4, 0.5) is 0 Å². The van der Waals surface area contributed by atoms with Gasteiger partial charge in [0.2, 0.25) is 5.91 Å². The second-order valence-corrected chi connectivity index (χ2v) is 4.65. The van der Waals surface area contributed by atoms with Gasteiger partial charge in [0.05, 0.1) is 6.61 Å². The fourth-order valence-corrected chi connectivity index (χ4v) is 2.53. The molecule has 1 N–H and O–H groups in total. The summed E-state index contributed by atoms with van der Waals surface area (Å²) in [6.45, 7) is 7.26. The number of carbonyl (C=O) groups excluding carboxylic acids is 1. The lowest BCUT2D eigenvalue weighted by atomic mass is 9.95. The smallest absolute Gasteiger partial charge is 0.217 e. The Labute approximate surface area is 104 Å². The summed E-state index contributed by atoms with van der Waals surface area (Å²) in [5.74, 6) is 1.54. The largest absolute Gasteiger partial charge is 0.381 e. The third-order valence-electron chi connectivity index (χ3n) is 2.50. The summed E-state index contributed by atoms with van der Waals surface area (Å²) >= 11 is 1.78. The van der Waals surface area contributed by atoms with Crippen LogP contribution in [0.25, 0.3) is 0 Å². The zero-order valence-electron chi connectivity index (χ0n) is 10.9. The molecule has 16 heavy (non-hydrogen) atoms. The Kier molecular flexibility index (Phi) is 9.83. The average molecular weight is 247 g/mol. The van der Waals surface area contributed by atoms with E-state index in [0.29, 0.717) is 5.92 Å². The Hall–Kier alpha value is -0.220. The van der Waals surface area contributed by atoms with Crippen LogP contribution in [0.3, 0.4) is 0 Å². The van der Waals surface area contributed by atoms with Gasteiger partial charge < -0.3 is 10.1 Å². The number of ether oxygens (including phenoxy) is 1. The Morgan fingerprint density at radius 2 is 2.25 bits per heavy atom. The maximum atomic E-state index is 11.0. The lowest BCUT2D eigenvalue weighted by Gasteiger charge is -2.30. The van der Waals surface area contributed by atoms with Gasteiger partial charge in [0.1, 0.15) is 0 Å². The summed E-state index contributed by atoms with van der Waals surface area (Å²) in [5.41, 5.74) is 0. The lowest BCUT2D eigenvalue weighted by Crippen LogP contribution is -2.44. The molecule has 96 valence electrons. The average Bonchev–Trinajstić information content (AvgIpc) is 2.32. The number of amides is 1. The fourth-order valence-electron chi connectivity index (χ4n) is 1.82. The molecule has 2 unspecified atom stereocenters. The van der Waals surface area contributed by atoms with Gasteiger partial charge in [0.25, 0.3) is 0 Å². The summed E-state index contributed by atoms with van der Waals surface area (Å²) in [5, 5.41) is 3.01. The minimum atomic E-state index is 0.0645. The van der Waals surface area contributed by atoms with E-state index in [4.69, 9.17) is 4.74 Å². The number of carbonyl (C=O) groups is 1. The van der Waals surface area contributed by atoms with Gasteiger partial charge >= 0.3 is 0 Å². The summed E-state index contributed by atoms with van der Waals surface area (Å²) in [4.78, 5) is 11.0. The van der Waals surface area contributed by atoms with Crippen molar-refractivity contribution in [1.82, 2.24) is 5.32 Å². The van der Waals surface area contributed by atoms with Gasteiger partial charge in [-0.2, -0.15) is 11.8 Å². The molecule has 1 aliphatic rings. The second-order valence-electron chi connectivity index (χ2n) is 3.74. The zero-order valence-corrected chi connectivity index (χ0v) is 11.7. The maximum absolute atomic E-state index is 11.0. The molecular weight excluding hydrogens is 222 g/mol. The van der Waals surface area contributed by atoms with Crippen molar-refractivity contribution in [1.29, 1.82) is 0 Å². The maximum Gasteiger partial charge on any atom is 0.217 e. The molecule has 1 rings (SSSR count). The molecule has 1 aliphatic heterocycles. The first-order valence-corrected chi connectivity index (χ1v) is 7.47. The van der Waals surface area contributed by atoms with Crippen LogP contribution in [0.1, 0.15) is 33.6 Å². The zero-order chi connectivity index (χ0) is 12.4. The highest BCUT2D eigenvalue weighted by Gasteiger charge is 2.24. The first-order valence-electron chi connectivity index (χ1n) is 6.08. The summed E-state index contributed by atoms with van der Waals surface area (Å²) < 4.78 is 5.43. The molecule has 4 heteroatoms. The van der Waals surface area contributed by atoms with E-state index in [1.165, 1.54) is 6.42 Å². The summed E-state index contributed by atoms with van der Waals surface area (Å²) in [6.07, 6.45) is 4.36. The van der Waals surface area contributed by atoms with Crippen molar-refractivity contribution in [3.8, 4) is 0 Å². The van der Waals surface area contributed by atoms with Gasteiger partial charge in [0.15, 0.2) is 0 Å². The fraction of sp³-hybridized carbons (Fsp3) is 0.917. The second kappa shape index (κ2) is 9.97. The highest BCUT2D eigenvalue weighted by molar-refractivity contribution is 7.98. The van der Waals surface area contributed by atoms with E-state index in [1.54, 1.807) is 18.7 Å². The number of thioether (sulfide) groups is 1. The van der Waals surface area contributed by atoms with E-state index in [1.807, 2.05) is 13.8 Å². The summed E-state index contributed by atoms with van der Waals surface area (Å²) in [7, 11) is 0. The van der Waals surface area contributed by atoms with E-state index in [0.717, 1.165) is 25.4 Å². The van der Waals surface area contributed by atoms with Crippen LogP contribution in [-0.2, 0) is 9.53 Å². The van der Waals surface area contributed by atoms with Crippen molar-refractivity contribution < 1.29 is 9.53 Å². The van der Waals surface area contributed by atoms with E-state index >= 15 is 0 Å². The first-order chi connectivity index (χ1) is 7.74. The van der Waals surface area contributed by atoms with E-state index < -0.39 is 0 Å². The Morgan fingerprint density at radius 1 is 1.56 bits per heavy atom. The predicted octanol–water partition coefficient (Wildman–Crippen LogP) is 2.31. The van der Waals surface area contributed by atoms with Crippen LogP contribution in [0, 0.1) is 5.92 Å². The molecule has 0 bridgehead atoms. The van der Waals surface area contributed by atoms with Gasteiger partial charge in [0, 0.05) is 31.2 Å². The number of hydrogen-bond acceptors (Lipinski definition) is 3. The van der Waals surface area contributed by atoms with E-state index in [9.17, 15) is 4.79 Å². The molecule has 1 fully saturated rings. The van der Waals surface area contributed by atoms with E-state index in [2.05, 4.69) is 11.6 Å². The van der Waals surface area contributed by atoms with Crippen LogP contribution in [0.15, 0.2) is 0 Å². The van der Waals surface area contributed by atoms with Crippen molar-refractivity contribution in [2.45, 2.75) is 39.7 Å². The third-order valence-corrected chi connectivity index (χ3v) is 3.19. The first kappa shape index (κ1) is 15.8. The van der Waals surface area contributed by atoms with Gasteiger partial charge in [-0.3, -0.25) is 4.79 Å². The normalized spacial score (nSPS) is 21.6. The minimum absolute atomic E-state index is 0.0645. The van der Waals surface area contributed by atoms with Crippen molar-refractivity contribution >= 4 is 17.7 Å². The molecule has 2 atom stereocenters. The molecular formula is C12H25NO2S. The van der Waals surface area contributed by atoms with Crippen molar-refractivity contribution in [3.05, 3.63) is 0 Å². The van der Waals surface area contributed by atoms with E-state index in [-0.39, 0.29) is 11.9 Å². The van der Waals surface area contributed by atoms with Crippen LogP contribution >= 0.6 is 11.8 Å². The summed E-state index contributed by atoms with van der Waals surface area (Å²) in [6, 6.07) is 0.280. The van der Waals surface area contributed by atoms with Gasteiger partial charge in [-0.05, 0) is 19.1 Å². The molecule has 0 radical (unpaired) electrons. The Bertz CT molecular complexity index is 182. The van der Waals surface area contributed by atoms with Crippen molar-refractivity contribution in [3.63, 3.8) is 0 Å². The molecule has 0 aliphatic carbocycles. The molecule has 0 aromatic rings. The molecule has 0 aromatic heterocycles. The predicted molar refractivity (Wildman–Crippen MR) is 70.9 cm³/mol. The molecule has 1 amide bonds. The molecule has 1 heterocycles. The van der Waals surface area contributed by atoms with Crippen molar-refractivity contribution in [2.75, 3.05) is 25.2 Å². The van der Waals surface area contributed by atoms with Crippen LogP contribution in [0.2, 0.25) is 0 Å². The van der Waals surface area contributed by atoms with Crippen LogP contribution in [-0.4, -0.2) is 37.2 Å². The van der Waals surface area contributed by atoms with Gasteiger partial charge in [-0.15, -0.1) is 0 Å². The molecule has 0 aromatic carbocycles. The third kappa shape index (κ3) is 6.38. The molecule has 1 saturated heterocycles. The number of nitrogens with one attached hydrogen (secondary N) is 1. The highest BCUT2D eigenvalue weighted by atomic mass is 32.2. The van der Waals surface area contributed by atoms with Crippen molar-refractivity contribution in [2.24, 2.45) is 5.92 Å². The molecule has 0 spiro atoms. The topological polar surface area (TPSA) is 38.3 Å². The Morgan fingerprint density at radius 3 is 2.69 bits per heavy atom. The van der Waals surface area contributed by atoms with Gasteiger partial charge in [-0.25, -0.2) is 0 Å². The SMILES string of the molecule is CC.CSCC(NC(C)=O)C1CCCOC1. The number of hydrogen-bond donors (Lipinski definition) is 1.